The van der Waals surface area contributed by atoms with Crippen LogP contribution in [0.2, 0.25) is 5.02 Å². The van der Waals surface area contributed by atoms with Gasteiger partial charge in [0, 0.05) is 9.92 Å². The molecule has 0 saturated heterocycles. The normalized spacial score (nSPS) is 12.2. The molecule has 0 spiro atoms. The van der Waals surface area contributed by atoms with Crippen molar-refractivity contribution in [3.63, 3.8) is 0 Å². The van der Waals surface area contributed by atoms with Gasteiger partial charge in [0.25, 0.3) is 0 Å². The zero-order valence-corrected chi connectivity index (χ0v) is 14.1. The van der Waals surface area contributed by atoms with Crippen LogP contribution in [0.3, 0.4) is 0 Å². The molecule has 1 unspecified atom stereocenters. The van der Waals surface area contributed by atoms with Gasteiger partial charge in [0.05, 0.1) is 13.2 Å². The monoisotopic (exact) mass is 321 g/mol. The summed E-state index contributed by atoms with van der Waals surface area (Å²) in [5.74, 6) is 0.775. The van der Waals surface area contributed by atoms with Crippen molar-refractivity contribution in [3.8, 4) is 5.75 Å². The Labute approximate surface area is 135 Å². The molecular formula is C17H20ClNOS. The van der Waals surface area contributed by atoms with Gasteiger partial charge in [-0.05, 0) is 48.2 Å². The van der Waals surface area contributed by atoms with E-state index < -0.39 is 0 Å². The maximum Gasteiger partial charge on any atom is 0.120 e. The average molecular weight is 322 g/mol. The molecule has 2 aromatic carbocycles. The van der Waals surface area contributed by atoms with Crippen LogP contribution in [-0.4, -0.2) is 19.9 Å². The second kappa shape index (κ2) is 7.74. The van der Waals surface area contributed by atoms with Crippen molar-refractivity contribution < 1.29 is 4.74 Å². The number of benzene rings is 2. The highest BCUT2D eigenvalue weighted by molar-refractivity contribution is 7.98. The first kappa shape index (κ1) is 16.2. The number of halogens is 1. The lowest BCUT2D eigenvalue weighted by atomic mass is 9.98. The molecule has 4 heteroatoms. The topological polar surface area (TPSA) is 21.3 Å². The van der Waals surface area contributed by atoms with E-state index in [-0.39, 0.29) is 6.04 Å². The number of hydrogen-bond acceptors (Lipinski definition) is 3. The minimum Gasteiger partial charge on any atom is -0.497 e. The van der Waals surface area contributed by atoms with Gasteiger partial charge in [-0.15, -0.1) is 11.8 Å². The van der Waals surface area contributed by atoms with Gasteiger partial charge >= 0.3 is 0 Å². The predicted molar refractivity (Wildman–Crippen MR) is 91.7 cm³/mol. The number of methoxy groups -OCH3 is 1. The highest BCUT2D eigenvalue weighted by Crippen LogP contribution is 2.31. The number of rotatable bonds is 6. The molecule has 1 atom stereocenters. The Hall–Kier alpha value is -1.16. The first-order chi connectivity index (χ1) is 10.2. The van der Waals surface area contributed by atoms with E-state index in [0.717, 1.165) is 17.9 Å². The van der Waals surface area contributed by atoms with Crippen LogP contribution in [0.5, 0.6) is 5.75 Å². The predicted octanol–water partition coefficient (Wildman–Crippen LogP) is 4.77. The molecule has 0 aliphatic carbocycles. The van der Waals surface area contributed by atoms with E-state index in [2.05, 4.69) is 42.8 Å². The van der Waals surface area contributed by atoms with Gasteiger partial charge in [-0.25, -0.2) is 0 Å². The Morgan fingerprint density at radius 1 is 1.19 bits per heavy atom. The summed E-state index contributed by atoms with van der Waals surface area (Å²) in [6.45, 7) is 2.97. The molecule has 0 aromatic heterocycles. The van der Waals surface area contributed by atoms with E-state index in [1.165, 1.54) is 10.5 Å². The van der Waals surface area contributed by atoms with E-state index >= 15 is 0 Å². The van der Waals surface area contributed by atoms with Crippen LogP contribution in [0.15, 0.2) is 47.4 Å². The Bertz CT molecular complexity index is 586. The molecular weight excluding hydrogens is 302 g/mol. The van der Waals surface area contributed by atoms with Crippen molar-refractivity contribution in [2.24, 2.45) is 0 Å². The Kier molecular flexibility index (Phi) is 5.97. The fourth-order valence-electron chi connectivity index (χ4n) is 2.28. The minimum atomic E-state index is 0.0873. The second-order valence-corrected chi connectivity index (χ2v) is 5.94. The van der Waals surface area contributed by atoms with Crippen LogP contribution >= 0.6 is 23.4 Å². The molecule has 2 rings (SSSR count). The fourth-order valence-corrected chi connectivity index (χ4v) is 2.96. The van der Waals surface area contributed by atoms with Gasteiger partial charge in [0.15, 0.2) is 0 Å². The van der Waals surface area contributed by atoms with Crippen LogP contribution in [-0.2, 0) is 0 Å². The number of nitrogens with one attached hydrogen (secondary N) is 1. The molecule has 2 nitrogen and oxygen atoms in total. The minimum absolute atomic E-state index is 0.0873. The quantitative estimate of drug-likeness (QED) is 0.774. The van der Waals surface area contributed by atoms with Crippen molar-refractivity contribution >= 4 is 23.4 Å². The summed E-state index contributed by atoms with van der Waals surface area (Å²) in [5, 5.41) is 4.22. The van der Waals surface area contributed by atoms with Crippen LogP contribution < -0.4 is 10.1 Å². The van der Waals surface area contributed by atoms with Crippen molar-refractivity contribution in [3.05, 3.63) is 58.6 Å². The molecule has 0 radical (unpaired) electrons. The zero-order valence-electron chi connectivity index (χ0n) is 12.5. The SMILES string of the molecule is CCNC(c1ccc(SC)cc1)c1ccc(OC)cc1Cl. The molecule has 0 amide bonds. The molecule has 0 bridgehead atoms. The van der Waals surface area contributed by atoms with Gasteiger partial charge in [0.2, 0.25) is 0 Å². The average Bonchev–Trinajstić information content (AvgIpc) is 2.53. The van der Waals surface area contributed by atoms with Crippen molar-refractivity contribution in [1.82, 2.24) is 5.32 Å². The van der Waals surface area contributed by atoms with Crippen LogP contribution in [0, 0.1) is 0 Å². The first-order valence-corrected chi connectivity index (χ1v) is 8.50. The van der Waals surface area contributed by atoms with E-state index in [9.17, 15) is 0 Å². The van der Waals surface area contributed by atoms with Crippen molar-refractivity contribution in [2.45, 2.75) is 17.9 Å². The standard InChI is InChI=1S/C17H20ClNOS/c1-4-19-17(12-5-8-14(21-3)9-6-12)15-10-7-13(20-2)11-16(15)18/h5-11,17,19H,4H2,1-3H3. The van der Waals surface area contributed by atoms with Crippen molar-refractivity contribution in [1.29, 1.82) is 0 Å². The molecule has 0 aliphatic rings. The molecule has 0 heterocycles. The fraction of sp³-hybridized carbons (Fsp3) is 0.294. The summed E-state index contributed by atoms with van der Waals surface area (Å²) in [6, 6.07) is 14.5. The van der Waals surface area contributed by atoms with E-state index in [1.54, 1.807) is 18.9 Å². The molecule has 1 N–H and O–H groups in total. The first-order valence-electron chi connectivity index (χ1n) is 6.90. The summed E-state index contributed by atoms with van der Waals surface area (Å²) in [6.07, 6.45) is 2.08. The molecule has 112 valence electrons. The largest absolute Gasteiger partial charge is 0.497 e. The lowest BCUT2D eigenvalue weighted by Crippen LogP contribution is -2.22. The van der Waals surface area contributed by atoms with Gasteiger partial charge < -0.3 is 10.1 Å². The third-order valence-electron chi connectivity index (χ3n) is 3.38. The molecule has 0 saturated carbocycles. The maximum atomic E-state index is 6.42. The van der Waals surface area contributed by atoms with Crippen LogP contribution in [0.1, 0.15) is 24.1 Å². The van der Waals surface area contributed by atoms with Gasteiger partial charge in [-0.3, -0.25) is 0 Å². The van der Waals surface area contributed by atoms with Crippen LogP contribution in [0.25, 0.3) is 0 Å². The molecule has 21 heavy (non-hydrogen) atoms. The Balaban J connectivity index is 2.37. The summed E-state index contributed by atoms with van der Waals surface area (Å²) in [4.78, 5) is 1.26. The van der Waals surface area contributed by atoms with E-state index in [0.29, 0.717) is 5.02 Å². The van der Waals surface area contributed by atoms with Crippen LogP contribution in [0.4, 0.5) is 0 Å². The van der Waals surface area contributed by atoms with Gasteiger partial charge in [-0.2, -0.15) is 0 Å². The van der Waals surface area contributed by atoms with E-state index in [1.807, 2.05) is 18.2 Å². The number of ether oxygens (including phenoxy) is 1. The van der Waals surface area contributed by atoms with Gasteiger partial charge in [-0.1, -0.05) is 36.7 Å². The number of thioether (sulfide) groups is 1. The van der Waals surface area contributed by atoms with Crippen molar-refractivity contribution in [2.75, 3.05) is 19.9 Å². The highest BCUT2D eigenvalue weighted by Gasteiger charge is 2.16. The Morgan fingerprint density at radius 3 is 2.43 bits per heavy atom. The lowest BCUT2D eigenvalue weighted by molar-refractivity contribution is 0.414. The smallest absolute Gasteiger partial charge is 0.120 e. The summed E-state index contributed by atoms with van der Waals surface area (Å²) in [7, 11) is 1.65. The number of hydrogen-bond donors (Lipinski definition) is 1. The lowest BCUT2D eigenvalue weighted by Gasteiger charge is -2.21. The zero-order chi connectivity index (χ0) is 15.2. The highest BCUT2D eigenvalue weighted by atomic mass is 35.5. The maximum absolute atomic E-state index is 6.42. The molecule has 0 aliphatic heterocycles. The molecule has 2 aromatic rings. The third kappa shape index (κ3) is 3.94. The Morgan fingerprint density at radius 2 is 1.90 bits per heavy atom. The molecule has 0 fully saturated rings. The summed E-state index contributed by atoms with van der Waals surface area (Å²) >= 11 is 8.17. The third-order valence-corrected chi connectivity index (χ3v) is 4.45. The summed E-state index contributed by atoms with van der Waals surface area (Å²) in [5.41, 5.74) is 2.28. The van der Waals surface area contributed by atoms with E-state index in [4.69, 9.17) is 16.3 Å². The second-order valence-electron chi connectivity index (χ2n) is 4.65. The van der Waals surface area contributed by atoms with Gasteiger partial charge in [0.1, 0.15) is 5.75 Å². The summed E-state index contributed by atoms with van der Waals surface area (Å²) < 4.78 is 5.22.